The lowest BCUT2D eigenvalue weighted by Gasteiger charge is -2.08. The van der Waals surface area contributed by atoms with Crippen molar-refractivity contribution in [2.24, 2.45) is 0 Å². The van der Waals surface area contributed by atoms with Crippen molar-refractivity contribution >= 4 is 23.5 Å². The molecule has 0 aliphatic carbocycles. The number of anilines is 1. The van der Waals surface area contributed by atoms with E-state index in [2.05, 4.69) is 15.3 Å². The molecule has 0 saturated carbocycles. The molecule has 19 heavy (non-hydrogen) atoms. The molecule has 0 aliphatic rings. The maximum atomic E-state index is 11.9. The molecule has 0 aliphatic heterocycles. The molecule has 6 heteroatoms. The summed E-state index contributed by atoms with van der Waals surface area (Å²) in [6, 6.07) is 6.81. The Balaban J connectivity index is 2.09. The van der Waals surface area contributed by atoms with Crippen LogP contribution in [0.4, 0.5) is 5.95 Å². The summed E-state index contributed by atoms with van der Waals surface area (Å²) in [6.07, 6.45) is 3.26. The number of methoxy groups -OCH3 is 1. The number of rotatable bonds is 4. The van der Waals surface area contributed by atoms with E-state index in [1.807, 2.05) is 0 Å². The molecule has 1 aromatic heterocycles. The summed E-state index contributed by atoms with van der Waals surface area (Å²) < 4.78 is 5.18. The zero-order valence-electron chi connectivity index (χ0n) is 10.3. The first-order valence-electron chi connectivity index (χ1n) is 5.58. The second-order valence-electron chi connectivity index (χ2n) is 3.75. The molecule has 1 aromatic carbocycles. The number of aromatic nitrogens is 2. The van der Waals surface area contributed by atoms with Gasteiger partial charge in [-0.15, -0.1) is 0 Å². The number of amides is 1. The van der Waals surface area contributed by atoms with Crippen LogP contribution in [0.1, 0.15) is 5.56 Å². The number of nitrogens with zero attached hydrogens (tertiary/aromatic N) is 2. The minimum absolute atomic E-state index is 0.141. The van der Waals surface area contributed by atoms with E-state index in [-0.39, 0.29) is 18.3 Å². The van der Waals surface area contributed by atoms with Crippen LogP contribution in [-0.2, 0) is 11.2 Å². The van der Waals surface area contributed by atoms with Crippen LogP contribution in [0.2, 0.25) is 5.02 Å². The molecule has 2 aromatic rings. The van der Waals surface area contributed by atoms with Crippen LogP contribution in [0.15, 0.2) is 36.7 Å². The molecule has 1 heterocycles. The Kier molecular flexibility index (Phi) is 4.30. The highest BCUT2D eigenvalue weighted by Gasteiger charge is 2.10. The van der Waals surface area contributed by atoms with E-state index >= 15 is 0 Å². The van der Waals surface area contributed by atoms with E-state index in [9.17, 15) is 4.79 Å². The standard InChI is InChI=1S/C13H12ClN3O2/c1-19-11-4-3-10(14)7-9(11)8-12(18)17-13-15-5-2-6-16-13/h2-7H,8H2,1H3,(H,15,16,17,18). The molecular weight excluding hydrogens is 266 g/mol. The lowest BCUT2D eigenvalue weighted by molar-refractivity contribution is -0.115. The molecule has 0 fully saturated rings. The van der Waals surface area contributed by atoms with Gasteiger partial charge in [0.05, 0.1) is 13.5 Å². The Morgan fingerprint density at radius 2 is 2.11 bits per heavy atom. The molecule has 2 rings (SSSR count). The van der Waals surface area contributed by atoms with Gasteiger partial charge in [-0.1, -0.05) is 11.6 Å². The minimum atomic E-state index is -0.230. The second-order valence-corrected chi connectivity index (χ2v) is 4.19. The number of nitrogens with one attached hydrogen (secondary N) is 1. The smallest absolute Gasteiger partial charge is 0.231 e. The zero-order chi connectivity index (χ0) is 13.7. The van der Waals surface area contributed by atoms with Crippen molar-refractivity contribution in [3.63, 3.8) is 0 Å². The summed E-state index contributed by atoms with van der Waals surface area (Å²) in [6.45, 7) is 0. The van der Waals surface area contributed by atoms with Crippen molar-refractivity contribution in [2.45, 2.75) is 6.42 Å². The van der Waals surface area contributed by atoms with E-state index in [0.717, 1.165) is 0 Å². The van der Waals surface area contributed by atoms with Crippen LogP contribution in [0.25, 0.3) is 0 Å². The normalized spacial score (nSPS) is 10.0. The van der Waals surface area contributed by atoms with Gasteiger partial charge in [-0.3, -0.25) is 10.1 Å². The third-order valence-corrected chi connectivity index (χ3v) is 2.65. The fraction of sp³-hybridized carbons (Fsp3) is 0.154. The molecule has 0 spiro atoms. The predicted octanol–water partition coefficient (Wildman–Crippen LogP) is 2.32. The maximum Gasteiger partial charge on any atom is 0.231 e. The predicted molar refractivity (Wildman–Crippen MR) is 72.4 cm³/mol. The highest BCUT2D eigenvalue weighted by molar-refractivity contribution is 6.30. The molecule has 5 nitrogen and oxygen atoms in total. The van der Waals surface area contributed by atoms with Gasteiger partial charge in [0.15, 0.2) is 0 Å². The molecule has 0 bridgehead atoms. The maximum absolute atomic E-state index is 11.9. The van der Waals surface area contributed by atoms with Gasteiger partial charge in [0, 0.05) is 23.0 Å². The van der Waals surface area contributed by atoms with Gasteiger partial charge in [-0.25, -0.2) is 9.97 Å². The summed E-state index contributed by atoms with van der Waals surface area (Å²) in [7, 11) is 1.55. The first-order chi connectivity index (χ1) is 9.19. The van der Waals surface area contributed by atoms with Crippen molar-refractivity contribution in [3.05, 3.63) is 47.2 Å². The Hall–Kier alpha value is -2.14. The van der Waals surface area contributed by atoms with E-state index in [4.69, 9.17) is 16.3 Å². The van der Waals surface area contributed by atoms with Crippen LogP contribution < -0.4 is 10.1 Å². The van der Waals surface area contributed by atoms with Crippen LogP contribution >= 0.6 is 11.6 Å². The molecule has 1 amide bonds. The number of hydrogen-bond donors (Lipinski definition) is 1. The Bertz CT molecular complexity index is 575. The lowest BCUT2D eigenvalue weighted by atomic mass is 10.1. The van der Waals surface area contributed by atoms with Gasteiger partial charge in [-0.05, 0) is 24.3 Å². The first kappa shape index (κ1) is 13.3. The number of carbonyl (C=O) groups is 1. The number of halogens is 1. The average Bonchev–Trinajstić information content (AvgIpc) is 2.40. The monoisotopic (exact) mass is 277 g/mol. The molecule has 1 N–H and O–H groups in total. The summed E-state index contributed by atoms with van der Waals surface area (Å²) in [5.41, 5.74) is 0.712. The van der Waals surface area contributed by atoms with Crippen molar-refractivity contribution in [1.29, 1.82) is 0 Å². The Labute approximate surface area is 115 Å². The highest BCUT2D eigenvalue weighted by Crippen LogP contribution is 2.23. The third kappa shape index (κ3) is 3.66. The number of hydrogen-bond acceptors (Lipinski definition) is 4. The lowest BCUT2D eigenvalue weighted by Crippen LogP contribution is -2.16. The van der Waals surface area contributed by atoms with Gasteiger partial charge < -0.3 is 4.74 Å². The molecule has 0 saturated heterocycles. The van der Waals surface area contributed by atoms with Crippen LogP contribution in [0, 0.1) is 0 Å². The van der Waals surface area contributed by atoms with Gasteiger partial charge in [0.1, 0.15) is 5.75 Å². The number of benzene rings is 1. The topological polar surface area (TPSA) is 64.1 Å². The van der Waals surface area contributed by atoms with Gasteiger partial charge in [-0.2, -0.15) is 0 Å². The van der Waals surface area contributed by atoms with E-state index in [0.29, 0.717) is 16.3 Å². The minimum Gasteiger partial charge on any atom is -0.496 e. The molecule has 0 unspecified atom stereocenters. The van der Waals surface area contributed by atoms with Gasteiger partial charge in [0.2, 0.25) is 11.9 Å². The Morgan fingerprint density at radius 1 is 1.37 bits per heavy atom. The SMILES string of the molecule is COc1ccc(Cl)cc1CC(=O)Nc1ncccn1. The number of carbonyl (C=O) groups excluding carboxylic acids is 1. The number of ether oxygens (including phenoxy) is 1. The molecular formula is C13H12ClN3O2. The summed E-state index contributed by atoms with van der Waals surface area (Å²) in [4.78, 5) is 19.7. The van der Waals surface area contributed by atoms with Crippen molar-refractivity contribution in [1.82, 2.24) is 9.97 Å². The molecule has 98 valence electrons. The summed E-state index contributed by atoms with van der Waals surface area (Å²) >= 11 is 5.91. The second kappa shape index (κ2) is 6.15. The van der Waals surface area contributed by atoms with E-state index in [1.54, 1.807) is 43.8 Å². The fourth-order valence-corrected chi connectivity index (χ4v) is 1.79. The average molecular weight is 278 g/mol. The quantitative estimate of drug-likeness (QED) is 0.931. The first-order valence-corrected chi connectivity index (χ1v) is 5.96. The largest absolute Gasteiger partial charge is 0.496 e. The molecule has 0 radical (unpaired) electrons. The van der Waals surface area contributed by atoms with Gasteiger partial charge in [0.25, 0.3) is 0 Å². The highest BCUT2D eigenvalue weighted by atomic mass is 35.5. The van der Waals surface area contributed by atoms with Crippen molar-refractivity contribution in [2.75, 3.05) is 12.4 Å². The van der Waals surface area contributed by atoms with Crippen molar-refractivity contribution < 1.29 is 9.53 Å². The van der Waals surface area contributed by atoms with Crippen LogP contribution in [0.5, 0.6) is 5.75 Å². The summed E-state index contributed by atoms with van der Waals surface area (Å²) in [5.74, 6) is 0.661. The third-order valence-electron chi connectivity index (χ3n) is 2.41. The van der Waals surface area contributed by atoms with Gasteiger partial charge >= 0.3 is 0 Å². The zero-order valence-corrected chi connectivity index (χ0v) is 11.0. The molecule has 0 atom stereocenters. The van der Waals surface area contributed by atoms with Crippen LogP contribution in [0.3, 0.4) is 0 Å². The fourth-order valence-electron chi connectivity index (χ4n) is 1.59. The van der Waals surface area contributed by atoms with Crippen LogP contribution in [-0.4, -0.2) is 23.0 Å². The van der Waals surface area contributed by atoms with E-state index in [1.165, 1.54) is 0 Å². The summed E-state index contributed by atoms with van der Waals surface area (Å²) in [5, 5.41) is 3.16. The Morgan fingerprint density at radius 3 is 2.79 bits per heavy atom. The van der Waals surface area contributed by atoms with Crippen molar-refractivity contribution in [3.8, 4) is 5.75 Å². The van der Waals surface area contributed by atoms with E-state index < -0.39 is 0 Å².